The van der Waals surface area contributed by atoms with Crippen LogP contribution in [0.2, 0.25) is 0 Å². The Balaban J connectivity index is 1.28. The molecule has 2 saturated carbocycles. The largest absolute Gasteiger partial charge is 0.480 e. The predicted molar refractivity (Wildman–Crippen MR) is 150 cm³/mol. The molecule has 2 aromatic heterocycles. The summed E-state index contributed by atoms with van der Waals surface area (Å²) in [7, 11) is 0. The number of nitrogens with one attached hydrogen (secondary N) is 1. The molecule has 1 saturated heterocycles. The maximum Gasteiger partial charge on any atom is 0.328 e. The Kier molecular flexibility index (Phi) is 6.90. The van der Waals surface area contributed by atoms with Crippen LogP contribution in [0.5, 0.6) is 0 Å². The summed E-state index contributed by atoms with van der Waals surface area (Å²) in [5.41, 5.74) is 3.74. The fourth-order valence-corrected chi connectivity index (χ4v) is 7.40. The van der Waals surface area contributed by atoms with Crippen molar-refractivity contribution in [3.63, 3.8) is 0 Å². The van der Waals surface area contributed by atoms with Crippen LogP contribution in [0.4, 0.5) is 0 Å². The third-order valence-corrected chi connectivity index (χ3v) is 9.34. The Morgan fingerprint density at radius 3 is 2.61 bits per heavy atom. The lowest BCUT2D eigenvalue weighted by Crippen LogP contribution is -2.61. The number of halogens is 1. The van der Waals surface area contributed by atoms with E-state index in [9.17, 15) is 14.7 Å². The summed E-state index contributed by atoms with van der Waals surface area (Å²) in [6, 6.07) is 11.0. The fourth-order valence-electron chi connectivity index (χ4n) is 6.40. The number of Topliss-reactive ketones (excluding diaryl/α,β-unsaturated/α-hetero) is 1. The minimum Gasteiger partial charge on any atom is -0.480 e. The Labute approximate surface area is 230 Å². The van der Waals surface area contributed by atoms with Crippen molar-refractivity contribution in [1.82, 2.24) is 19.9 Å². The molecule has 3 heterocycles. The second-order valence-corrected chi connectivity index (χ2v) is 11.7. The molecule has 0 bridgehead atoms. The first-order valence-corrected chi connectivity index (χ1v) is 14.5. The van der Waals surface area contributed by atoms with Gasteiger partial charge in [-0.05, 0) is 68.6 Å². The van der Waals surface area contributed by atoms with E-state index in [1.807, 2.05) is 36.4 Å². The number of carbonyl (C=O) groups excluding carboxylic acids is 1. The molecule has 1 unspecified atom stereocenters. The number of aliphatic imine (C=N–C) groups is 1. The number of piperidine rings is 1. The van der Waals surface area contributed by atoms with Gasteiger partial charge in [0.05, 0.1) is 5.41 Å². The molecule has 198 valence electrons. The van der Waals surface area contributed by atoms with Crippen molar-refractivity contribution < 1.29 is 14.7 Å². The summed E-state index contributed by atoms with van der Waals surface area (Å²) in [6.07, 6.45) is 8.76. The number of fused-ring (bicyclic) bond motifs is 1. The summed E-state index contributed by atoms with van der Waals surface area (Å²) in [5, 5.41) is 13.4. The summed E-state index contributed by atoms with van der Waals surface area (Å²) in [4.78, 5) is 38.8. The monoisotopic (exact) mass is 577 g/mol. The maximum absolute atomic E-state index is 12.8. The molecule has 6 rings (SSSR count). The molecule has 9 heteroatoms. The second-order valence-electron chi connectivity index (χ2n) is 10.8. The quantitative estimate of drug-likeness (QED) is 0.414. The summed E-state index contributed by atoms with van der Waals surface area (Å²) in [6.45, 7) is 1.95. The summed E-state index contributed by atoms with van der Waals surface area (Å²) in [5.74, 6) is 0.574. The Hall–Kier alpha value is -2.91. The third kappa shape index (κ3) is 4.39. The number of nitrogens with zero attached hydrogens (tertiary/aromatic N) is 4. The lowest BCUT2D eigenvalue weighted by molar-refractivity contribution is -0.138. The van der Waals surface area contributed by atoms with E-state index in [2.05, 4.69) is 30.8 Å². The lowest BCUT2D eigenvalue weighted by Gasteiger charge is -2.47. The van der Waals surface area contributed by atoms with Gasteiger partial charge in [-0.2, -0.15) is 0 Å². The first-order valence-electron chi connectivity index (χ1n) is 13.6. The van der Waals surface area contributed by atoms with Crippen LogP contribution >= 0.6 is 15.9 Å². The van der Waals surface area contributed by atoms with Gasteiger partial charge in [0, 0.05) is 29.9 Å². The number of carboxylic acids is 1. The minimum absolute atomic E-state index is 0.162. The highest BCUT2D eigenvalue weighted by molar-refractivity contribution is 9.10. The molecule has 2 atom stereocenters. The number of aliphatic carboxylic acids is 1. The molecule has 1 spiro atoms. The molecule has 8 nitrogen and oxygen atoms in total. The average Bonchev–Trinajstić information content (AvgIpc) is 3.35. The Morgan fingerprint density at radius 2 is 1.89 bits per heavy atom. The number of hydrogen-bond acceptors (Lipinski definition) is 6. The van der Waals surface area contributed by atoms with Gasteiger partial charge in [0.1, 0.15) is 16.2 Å². The van der Waals surface area contributed by atoms with Gasteiger partial charge >= 0.3 is 5.97 Å². The maximum atomic E-state index is 12.8. The lowest BCUT2D eigenvalue weighted by atomic mass is 9.58. The number of alkyl halides is 1. The standard InChI is InChI=1S/C29H32BrN5O3/c30-23-24(29(25(23)36)12-2-1-3-13-29)33-22(28(37)38)17-18-6-8-20(9-7-18)35-26(19-10-15-31-16-11-19)34-21-5-4-14-32-27(21)35/h4-9,14,19,22-23,31H,1-3,10-13,15-17H2,(H,37,38)/t22-,23?/m0/s1. The average molecular weight is 579 g/mol. The van der Waals surface area contributed by atoms with E-state index in [4.69, 9.17) is 9.98 Å². The van der Waals surface area contributed by atoms with E-state index < -0.39 is 22.3 Å². The van der Waals surface area contributed by atoms with Gasteiger partial charge in [0.15, 0.2) is 17.5 Å². The van der Waals surface area contributed by atoms with Crippen LogP contribution < -0.4 is 5.32 Å². The number of pyridine rings is 1. The number of hydrogen-bond donors (Lipinski definition) is 2. The van der Waals surface area contributed by atoms with Gasteiger partial charge in [0.25, 0.3) is 0 Å². The highest BCUT2D eigenvalue weighted by atomic mass is 79.9. The number of benzene rings is 1. The summed E-state index contributed by atoms with van der Waals surface area (Å²) < 4.78 is 2.15. The van der Waals surface area contributed by atoms with Crippen molar-refractivity contribution in [2.24, 2.45) is 10.4 Å². The van der Waals surface area contributed by atoms with Crippen molar-refractivity contribution in [3.05, 3.63) is 54.0 Å². The highest BCUT2D eigenvalue weighted by Gasteiger charge is 2.58. The SMILES string of the molecule is O=C(O)[C@H](Cc1ccc(-n2c(C3CCNCC3)nc3cccnc32)cc1)N=C1C(Br)C(=O)C12CCCCC2. The first-order chi connectivity index (χ1) is 18.5. The molecule has 1 aromatic carbocycles. The van der Waals surface area contributed by atoms with E-state index in [-0.39, 0.29) is 12.2 Å². The Morgan fingerprint density at radius 1 is 1.16 bits per heavy atom. The molecule has 38 heavy (non-hydrogen) atoms. The van der Waals surface area contributed by atoms with Crippen molar-refractivity contribution in [2.45, 2.75) is 68.2 Å². The van der Waals surface area contributed by atoms with Crippen molar-refractivity contribution in [2.75, 3.05) is 13.1 Å². The van der Waals surface area contributed by atoms with Gasteiger partial charge in [-0.1, -0.05) is 47.3 Å². The smallest absolute Gasteiger partial charge is 0.328 e. The van der Waals surface area contributed by atoms with E-state index in [0.29, 0.717) is 5.92 Å². The van der Waals surface area contributed by atoms with E-state index in [1.54, 1.807) is 6.20 Å². The molecule has 3 aliphatic rings. The fraction of sp³-hybridized carbons (Fsp3) is 0.483. The highest BCUT2D eigenvalue weighted by Crippen LogP contribution is 2.49. The van der Waals surface area contributed by atoms with E-state index >= 15 is 0 Å². The molecule has 2 aliphatic carbocycles. The third-order valence-electron chi connectivity index (χ3n) is 8.49. The number of ketones is 1. The van der Waals surface area contributed by atoms with Crippen LogP contribution in [-0.2, 0) is 16.0 Å². The van der Waals surface area contributed by atoms with Crippen LogP contribution in [0, 0.1) is 5.41 Å². The van der Waals surface area contributed by atoms with Gasteiger partial charge < -0.3 is 10.4 Å². The van der Waals surface area contributed by atoms with Crippen LogP contribution in [0.3, 0.4) is 0 Å². The topological polar surface area (TPSA) is 109 Å². The van der Waals surface area contributed by atoms with Gasteiger partial charge in [-0.3, -0.25) is 14.4 Å². The first kappa shape index (κ1) is 25.4. The molecule has 3 aromatic rings. The van der Waals surface area contributed by atoms with Crippen LogP contribution in [0.15, 0.2) is 47.6 Å². The molecule has 0 radical (unpaired) electrons. The number of rotatable bonds is 6. The summed E-state index contributed by atoms with van der Waals surface area (Å²) >= 11 is 3.46. The predicted octanol–water partition coefficient (Wildman–Crippen LogP) is 4.62. The molecule has 3 fully saturated rings. The second kappa shape index (κ2) is 10.3. The normalized spacial score (nSPS) is 23.6. The zero-order chi connectivity index (χ0) is 26.3. The number of aromatic nitrogens is 3. The van der Waals surface area contributed by atoms with Crippen LogP contribution in [-0.4, -0.2) is 61.1 Å². The van der Waals surface area contributed by atoms with Gasteiger partial charge in [0.2, 0.25) is 0 Å². The molecule has 2 N–H and O–H groups in total. The molecular formula is C29H32BrN5O3. The Bertz CT molecular complexity index is 1390. The van der Waals surface area contributed by atoms with Crippen LogP contribution in [0.1, 0.15) is 62.3 Å². The zero-order valence-corrected chi connectivity index (χ0v) is 22.9. The number of carboxylic acid groups (broad SMARTS) is 1. The van der Waals surface area contributed by atoms with Crippen molar-refractivity contribution >= 4 is 44.6 Å². The molecule has 1 aliphatic heterocycles. The van der Waals surface area contributed by atoms with Crippen molar-refractivity contribution in [3.8, 4) is 5.69 Å². The minimum atomic E-state index is -0.968. The molecular weight excluding hydrogens is 546 g/mol. The van der Waals surface area contributed by atoms with Gasteiger partial charge in [-0.15, -0.1) is 0 Å². The van der Waals surface area contributed by atoms with E-state index in [0.717, 1.165) is 92.0 Å². The molecule has 0 amide bonds. The zero-order valence-electron chi connectivity index (χ0n) is 21.3. The van der Waals surface area contributed by atoms with E-state index in [1.165, 1.54) is 0 Å². The number of carbonyl (C=O) groups is 2. The van der Waals surface area contributed by atoms with Crippen LogP contribution in [0.25, 0.3) is 16.9 Å². The van der Waals surface area contributed by atoms with Crippen molar-refractivity contribution in [1.29, 1.82) is 0 Å². The number of imidazole rings is 1. The van der Waals surface area contributed by atoms with Gasteiger partial charge in [-0.25, -0.2) is 14.8 Å².